The summed E-state index contributed by atoms with van der Waals surface area (Å²) in [5.41, 5.74) is 5.83. The van der Waals surface area contributed by atoms with E-state index in [1.165, 1.54) is 6.07 Å². The Labute approximate surface area is 244 Å². The lowest BCUT2D eigenvalue weighted by Crippen LogP contribution is -2.27. The van der Waals surface area contributed by atoms with Crippen molar-refractivity contribution in [2.24, 2.45) is 0 Å². The lowest BCUT2D eigenvalue weighted by molar-refractivity contribution is -0.385. The number of nitro benzene ring substituents is 1. The van der Waals surface area contributed by atoms with Gasteiger partial charge in [0.25, 0.3) is 5.69 Å². The van der Waals surface area contributed by atoms with Gasteiger partial charge in [-0.15, -0.1) is 0 Å². The summed E-state index contributed by atoms with van der Waals surface area (Å²) in [5, 5.41) is 18.4. The number of aldehydes is 1. The third kappa shape index (κ3) is 8.00. The molecule has 0 aliphatic heterocycles. The predicted octanol–water partition coefficient (Wildman–Crippen LogP) is 7.15. The summed E-state index contributed by atoms with van der Waals surface area (Å²) in [7, 11) is 2.69. The molecule has 0 unspecified atom stereocenters. The van der Waals surface area contributed by atoms with Crippen LogP contribution < -0.4 is 5.32 Å². The summed E-state index contributed by atoms with van der Waals surface area (Å²) >= 11 is 0. The molecule has 6 nitrogen and oxygen atoms in total. The van der Waals surface area contributed by atoms with E-state index in [1.807, 2.05) is 88.0 Å². The summed E-state index contributed by atoms with van der Waals surface area (Å²) in [5.74, 6) is 3.79. The molecule has 0 bridgehead atoms. The van der Waals surface area contributed by atoms with Gasteiger partial charge in [0.2, 0.25) is 0 Å². The van der Waals surface area contributed by atoms with E-state index in [9.17, 15) is 14.9 Å². The summed E-state index contributed by atoms with van der Waals surface area (Å²) in [6.45, 7) is 3.84. The highest BCUT2D eigenvalue weighted by Crippen LogP contribution is 2.35. The molecule has 3 aromatic carbocycles. The number of carbonyl (C=O) groups excluding carboxylic acids is 1. The fourth-order valence-electron chi connectivity index (χ4n) is 4.28. The minimum atomic E-state index is -1.21. The van der Waals surface area contributed by atoms with Crippen LogP contribution in [0.4, 0.5) is 5.69 Å². The Hall–Kier alpha value is -4.54. The minimum absolute atomic E-state index is 0.0819. The second-order valence-corrected chi connectivity index (χ2v) is 14.3. The van der Waals surface area contributed by atoms with E-state index in [2.05, 4.69) is 46.8 Å². The zero-order valence-corrected chi connectivity index (χ0v) is 25.5. The van der Waals surface area contributed by atoms with Gasteiger partial charge in [-0.1, -0.05) is 66.7 Å². The Morgan fingerprint density at radius 3 is 2.00 bits per heavy atom. The van der Waals surface area contributed by atoms with Crippen molar-refractivity contribution >= 4 is 38.7 Å². The summed E-state index contributed by atoms with van der Waals surface area (Å²) < 4.78 is 0. The fraction of sp³-hybridized carbons (Fsp3) is 0.206. The van der Waals surface area contributed by atoms with Crippen molar-refractivity contribution < 1.29 is 9.72 Å². The first kappa shape index (κ1) is 31.0. The van der Waals surface area contributed by atoms with Crippen LogP contribution in [0.1, 0.15) is 36.1 Å². The zero-order valence-electron chi connectivity index (χ0n) is 24.7. The molecule has 7 heteroatoms. The van der Waals surface area contributed by atoms with Gasteiger partial charge in [0.15, 0.2) is 6.29 Å². The molecule has 1 N–H and O–H groups in total. The number of allylic oxidation sites excluding steroid dienone is 5. The van der Waals surface area contributed by atoms with Crippen molar-refractivity contribution in [3.8, 4) is 11.2 Å². The number of benzene rings is 3. The van der Waals surface area contributed by atoms with Crippen molar-refractivity contribution in [1.82, 2.24) is 10.2 Å². The van der Waals surface area contributed by atoms with Crippen LogP contribution >= 0.6 is 10.0 Å². The van der Waals surface area contributed by atoms with E-state index in [0.29, 0.717) is 16.8 Å². The molecule has 0 aliphatic rings. The second kappa shape index (κ2) is 13.7. The Balaban J connectivity index is 2.25. The largest absolute Gasteiger partial charge is 0.364 e. The molecule has 0 saturated carbocycles. The molecule has 0 atom stereocenters. The minimum Gasteiger partial charge on any atom is -0.364 e. The topological polar surface area (TPSA) is 75.5 Å². The van der Waals surface area contributed by atoms with Gasteiger partial charge in [-0.2, -0.15) is 10.0 Å². The van der Waals surface area contributed by atoms with Gasteiger partial charge in [-0.25, -0.2) is 0 Å². The van der Waals surface area contributed by atoms with Crippen LogP contribution in [0, 0.1) is 21.3 Å². The van der Waals surface area contributed by atoms with Gasteiger partial charge in [0, 0.05) is 37.0 Å². The van der Waals surface area contributed by atoms with Gasteiger partial charge in [-0.3, -0.25) is 14.9 Å². The molecular weight excluding hydrogens is 530 g/mol. The number of hydrogen-bond acceptors (Lipinski definition) is 5. The molecule has 0 radical (unpaired) electrons. The van der Waals surface area contributed by atoms with Gasteiger partial charge in [0.1, 0.15) is 11.4 Å². The lowest BCUT2D eigenvalue weighted by atomic mass is 9.91. The molecule has 0 aromatic heterocycles. The molecule has 0 amide bonds. The monoisotopic (exact) mass is 567 g/mol. The summed E-state index contributed by atoms with van der Waals surface area (Å²) in [6, 6.07) is 24.9. The highest BCUT2D eigenvalue weighted by atomic mass is 32.3. The van der Waals surface area contributed by atoms with E-state index in [4.69, 9.17) is 0 Å². The molecule has 0 saturated heterocycles. The van der Waals surface area contributed by atoms with Crippen molar-refractivity contribution in [3.63, 3.8) is 0 Å². The predicted molar refractivity (Wildman–Crippen MR) is 174 cm³/mol. The Morgan fingerprint density at radius 1 is 0.927 bits per heavy atom. The maximum Gasteiger partial charge on any atom is 0.284 e. The normalized spacial score (nSPS) is 13.2. The molecule has 3 rings (SSSR count). The smallest absolute Gasteiger partial charge is 0.284 e. The first-order valence-electron chi connectivity index (χ1n) is 13.1. The lowest BCUT2D eigenvalue weighted by Gasteiger charge is -2.26. The molecule has 0 aliphatic carbocycles. The van der Waals surface area contributed by atoms with Crippen LogP contribution in [-0.4, -0.2) is 49.0 Å². The van der Waals surface area contributed by atoms with Crippen molar-refractivity contribution in [2.75, 3.05) is 32.9 Å². The van der Waals surface area contributed by atoms with E-state index in [0.717, 1.165) is 34.4 Å². The number of hydrogen-bond donors (Lipinski definition) is 1. The van der Waals surface area contributed by atoms with E-state index in [-0.39, 0.29) is 11.3 Å². The van der Waals surface area contributed by atoms with Gasteiger partial charge in [-0.05, 0) is 78.2 Å². The third-order valence-electron chi connectivity index (χ3n) is 6.21. The summed E-state index contributed by atoms with van der Waals surface area (Å²) in [6.07, 6.45) is 8.93. The van der Waals surface area contributed by atoms with Crippen LogP contribution in [0.15, 0.2) is 96.5 Å². The number of nitro groups is 1. The van der Waals surface area contributed by atoms with Crippen LogP contribution in [0.25, 0.3) is 16.7 Å². The number of nitrogens with zero attached hydrogens (tertiary/aromatic N) is 2. The third-order valence-corrected chi connectivity index (χ3v) is 6.93. The van der Waals surface area contributed by atoms with Crippen molar-refractivity contribution in [3.05, 3.63) is 129 Å². The van der Waals surface area contributed by atoms with Crippen LogP contribution in [0.5, 0.6) is 0 Å². The summed E-state index contributed by atoms with van der Waals surface area (Å²) in [4.78, 5) is 25.7. The van der Waals surface area contributed by atoms with Crippen molar-refractivity contribution in [2.45, 2.75) is 13.8 Å². The van der Waals surface area contributed by atoms with Gasteiger partial charge < -0.3 is 10.2 Å². The zero-order chi connectivity index (χ0) is 30.2. The maximum absolute atomic E-state index is 12.5. The average Bonchev–Trinajstić information content (AvgIpc) is 2.94. The van der Waals surface area contributed by atoms with Crippen LogP contribution in [0.2, 0.25) is 0 Å². The van der Waals surface area contributed by atoms with Crippen LogP contribution in [0.3, 0.4) is 0 Å². The maximum atomic E-state index is 12.5. The second-order valence-electron chi connectivity index (χ2n) is 10.4. The fourth-order valence-corrected chi connectivity index (χ4v) is 4.70. The highest BCUT2D eigenvalue weighted by molar-refractivity contribution is 8.35. The Morgan fingerprint density at radius 2 is 1.51 bits per heavy atom. The average molecular weight is 568 g/mol. The quantitative estimate of drug-likeness (QED) is 0.0742. The van der Waals surface area contributed by atoms with E-state index < -0.39 is 15.0 Å². The molecule has 41 heavy (non-hydrogen) atoms. The van der Waals surface area contributed by atoms with E-state index >= 15 is 0 Å². The highest BCUT2D eigenvalue weighted by Gasteiger charge is 2.20. The first-order chi connectivity index (χ1) is 19.5. The van der Waals surface area contributed by atoms with Crippen molar-refractivity contribution in [1.29, 1.82) is 0 Å². The Bertz CT molecular complexity index is 1570. The number of carbonyl (C=O) groups is 1. The van der Waals surface area contributed by atoms with Crippen LogP contribution in [-0.2, 0) is 4.79 Å². The molecule has 3 aromatic rings. The van der Waals surface area contributed by atoms with Gasteiger partial charge >= 0.3 is 0 Å². The molecule has 212 valence electrons. The first-order valence-corrected chi connectivity index (χ1v) is 15.9. The molecular formula is C34H37N3O3S. The van der Waals surface area contributed by atoms with E-state index in [1.54, 1.807) is 12.1 Å². The number of nitrogens with one attached hydrogen (secondary N) is 1. The standard InChI is InChI=1S/C34H37N3O3S/c1-8-30(26-15-11-9-12-16-26)33(27-17-13-10-14-18-27)34(36(3)4)35-25(2)31(24-38)28-19-20-32(37(39)40)29(23-28)21-22-41(5,6)7/h8-20,23-24,35H,1-7H3/b30-8-,31-25+,34-33-. The molecule has 0 heterocycles. The number of rotatable bonds is 9. The molecule has 0 fully saturated rings. The van der Waals surface area contributed by atoms with Gasteiger partial charge in [0.05, 0.1) is 4.92 Å². The SMILES string of the molecule is C/C=C(\C(=C(\N/C(C)=C(\C=O)c1ccc([N+](=O)[O-])c(C#CS(C)(C)C)c1)N(C)C)c1ccccc1)c1ccccc1. The Kier molecular flexibility index (Phi) is 10.3. The molecule has 0 spiro atoms.